The van der Waals surface area contributed by atoms with Crippen molar-refractivity contribution in [1.29, 1.82) is 0 Å². The highest BCUT2D eigenvalue weighted by Gasteiger charge is 2.20. The Bertz CT molecular complexity index is 256. The number of hydrogen-bond acceptors (Lipinski definition) is 4. The van der Waals surface area contributed by atoms with Crippen molar-refractivity contribution >= 4 is 13.5 Å². The summed E-state index contributed by atoms with van der Waals surface area (Å²) in [4.78, 5) is 11.0. The maximum absolute atomic E-state index is 11.5. The third kappa shape index (κ3) is 4.56. The maximum Gasteiger partial charge on any atom is 0.331 e. The van der Waals surface area contributed by atoms with Crippen LogP contribution < -0.4 is 5.32 Å². The average molecular weight is 221 g/mol. The summed E-state index contributed by atoms with van der Waals surface area (Å²) in [7, 11) is -0.391. The highest BCUT2D eigenvalue weighted by atomic mass is 31.2. The summed E-state index contributed by atoms with van der Waals surface area (Å²) < 4.78 is 20.9. The van der Waals surface area contributed by atoms with E-state index in [2.05, 4.69) is 20.9 Å². The molecule has 0 bridgehead atoms. The van der Waals surface area contributed by atoms with E-state index in [-0.39, 0.29) is 18.6 Å². The molecule has 0 saturated heterocycles. The summed E-state index contributed by atoms with van der Waals surface area (Å²) in [5.74, 6) is -0.260. The molecular formula is C8H16NO4P. The van der Waals surface area contributed by atoms with Gasteiger partial charge in [-0.3, -0.25) is 9.36 Å². The van der Waals surface area contributed by atoms with E-state index < -0.39 is 7.60 Å². The van der Waals surface area contributed by atoms with Crippen LogP contribution in [-0.2, 0) is 18.4 Å². The monoisotopic (exact) mass is 221 g/mol. The summed E-state index contributed by atoms with van der Waals surface area (Å²) in [6.45, 7) is 5.31. The fourth-order valence-electron chi connectivity index (χ4n) is 0.714. The Morgan fingerprint density at radius 3 is 2.29 bits per heavy atom. The molecule has 0 aliphatic rings. The summed E-state index contributed by atoms with van der Waals surface area (Å²) in [6, 6.07) is 0. The van der Waals surface area contributed by atoms with E-state index in [1.54, 1.807) is 6.92 Å². The fraction of sp³-hybridized carbons (Fsp3) is 0.625. The van der Waals surface area contributed by atoms with Crippen LogP contribution in [0.1, 0.15) is 6.92 Å². The molecule has 0 aromatic heterocycles. The molecule has 1 amide bonds. The van der Waals surface area contributed by atoms with Crippen LogP contribution in [0.2, 0.25) is 0 Å². The molecule has 0 fully saturated rings. The van der Waals surface area contributed by atoms with Gasteiger partial charge >= 0.3 is 7.60 Å². The van der Waals surface area contributed by atoms with Gasteiger partial charge in [-0.05, 0) is 6.92 Å². The van der Waals surface area contributed by atoms with Crippen molar-refractivity contribution in [3.63, 3.8) is 0 Å². The van der Waals surface area contributed by atoms with Gasteiger partial charge in [0.25, 0.3) is 0 Å². The topological polar surface area (TPSA) is 64.6 Å². The molecule has 0 aromatic rings. The van der Waals surface area contributed by atoms with Gasteiger partial charge < -0.3 is 14.4 Å². The number of nitrogens with one attached hydrogen (secondary N) is 1. The number of amides is 1. The largest absolute Gasteiger partial charge is 0.352 e. The summed E-state index contributed by atoms with van der Waals surface area (Å²) in [5.41, 5.74) is 0.412. The van der Waals surface area contributed by atoms with Crippen LogP contribution in [0, 0.1) is 0 Å². The highest BCUT2D eigenvalue weighted by molar-refractivity contribution is 7.53. The molecule has 0 rings (SSSR count). The Kier molecular flexibility index (Phi) is 5.69. The SMILES string of the molecule is C=C(C)C(=O)NCCP(=O)(OC)OC. The van der Waals surface area contributed by atoms with Gasteiger partial charge in [0.05, 0.1) is 6.16 Å². The summed E-state index contributed by atoms with van der Waals surface area (Å²) in [5, 5.41) is 2.54. The molecule has 0 saturated carbocycles. The van der Waals surface area contributed by atoms with Gasteiger partial charge in [0.2, 0.25) is 5.91 Å². The standard InChI is InChI=1S/C8H16NO4P/c1-7(2)8(10)9-5-6-14(11,12-3)13-4/h1,5-6H2,2-4H3,(H,9,10). The van der Waals surface area contributed by atoms with Gasteiger partial charge in [-0.15, -0.1) is 0 Å². The molecule has 0 heterocycles. The molecule has 0 spiro atoms. The zero-order valence-corrected chi connectivity index (χ0v) is 9.60. The molecule has 1 N–H and O–H groups in total. The Balaban J connectivity index is 3.90. The lowest BCUT2D eigenvalue weighted by Gasteiger charge is -2.13. The molecule has 0 radical (unpaired) electrons. The van der Waals surface area contributed by atoms with Crippen molar-refractivity contribution < 1.29 is 18.4 Å². The second kappa shape index (κ2) is 5.96. The number of hydrogen-bond donors (Lipinski definition) is 1. The van der Waals surface area contributed by atoms with Crippen LogP contribution >= 0.6 is 7.60 Å². The Hall–Kier alpha value is -0.640. The number of carbonyl (C=O) groups is 1. The lowest BCUT2D eigenvalue weighted by atomic mass is 10.3. The first-order chi connectivity index (χ1) is 6.45. The highest BCUT2D eigenvalue weighted by Crippen LogP contribution is 2.45. The number of carbonyl (C=O) groups excluding carboxylic acids is 1. The molecule has 0 atom stereocenters. The van der Waals surface area contributed by atoms with Crippen LogP contribution in [0.15, 0.2) is 12.2 Å². The third-order valence-electron chi connectivity index (χ3n) is 1.62. The third-order valence-corrected chi connectivity index (χ3v) is 3.50. The molecule has 5 nitrogen and oxygen atoms in total. The summed E-state index contributed by atoms with van der Waals surface area (Å²) >= 11 is 0. The van der Waals surface area contributed by atoms with E-state index in [9.17, 15) is 9.36 Å². The Morgan fingerprint density at radius 1 is 1.43 bits per heavy atom. The van der Waals surface area contributed by atoms with Crippen molar-refractivity contribution in [2.75, 3.05) is 26.9 Å². The Morgan fingerprint density at radius 2 is 1.93 bits per heavy atom. The molecule has 14 heavy (non-hydrogen) atoms. The van der Waals surface area contributed by atoms with Crippen molar-refractivity contribution in [2.24, 2.45) is 0 Å². The molecule has 0 aliphatic carbocycles. The van der Waals surface area contributed by atoms with Crippen LogP contribution in [0.5, 0.6) is 0 Å². The van der Waals surface area contributed by atoms with Crippen molar-refractivity contribution in [3.8, 4) is 0 Å². The van der Waals surface area contributed by atoms with Crippen LogP contribution in [-0.4, -0.2) is 32.8 Å². The molecule has 0 unspecified atom stereocenters. The smallest absolute Gasteiger partial charge is 0.331 e. The zero-order valence-electron chi connectivity index (χ0n) is 8.70. The number of rotatable bonds is 6. The molecule has 82 valence electrons. The van der Waals surface area contributed by atoms with Crippen molar-refractivity contribution in [1.82, 2.24) is 5.32 Å². The maximum atomic E-state index is 11.5. The Labute approximate surface area is 84.0 Å². The van der Waals surface area contributed by atoms with Gasteiger partial charge in [-0.25, -0.2) is 0 Å². The van der Waals surface area contributed by atoms with Gasteiger partial charge in [0.1, 0.15) is 0 Å². The molecule has 0 aliphatic heterocycles. The fourth-order valence-corrected chi connectivity index (χ4v) is 1.61. The van der Waals surface area contributed by atoms with Crippen LogP contribution in [0.4, 0.5) is 0 Å². The minimum absolute atomic E-state index is 0.152. The van der Waals surface area contributed by atoms with Gasteiger partial charge in [0, 0.05) is 26.3 Å². The lowest BCUT2D eigenvalue weighted by molar-refractivity contribution is -0.117. The van der Waals surface area contributed by atoms with E-state index in [0.29, 0.717) is 5.57 Å². The normalized spacial score (nSPS) is 11.1. The minimum atomic E-state index is -3.01. The first-order valence-electron chi connectivity index (χ1n) is 4.09. The van der Waals surface area contributed by atoms with E-state index in [1.165, 1.54) is 14.2 Å². The van der Waals surface area contributed by atoms with Crippen molar-refractivity contribution in [3.05, 3.63) is 12.2 Å². The molecule has 6 heteroatoms. The predicted molar refractivity (Wildman–Crippen MR) is 54.3 cm³/mol. The van der Waals surface area contributed by atoms with Gasteiger partial charge in [-0.1, -0.05) is 6.58 Å². The van der Waals surface area contributed by atoms with E-state index in [4.69, 9.17) is 0 Å². The molecule has 0 aromatic carbocycles. The summed E-state index contributed by atoms with van der Waals surface area (Å²) in [6.07, 6.45) is 0.152. The second-order valence-electron chi connectivity index (χ2n) is 2.74. The van der Waals surface area contributed by atoms with Crippen LogP contribution in [0.25, 0.3) is 0 Å². The van der Waals surface area contributed by atoms with E-state index in [0.717, 1.165) is 0 Å². The van der Waals surface area contributed by atoms with Gasteiger partial charge in [-0.2, -0.15) is 0 Å². The molecular weight excluding hydrogens is 205 g/mol. The lowest BCUT2D eigenvalue weighted by Crippen LogP contribution is -2.27. The first-order valence-corrected chi connectivity index (χ1v) is 5.82. The first kappa shape index (κ1) is 13.4. The van der Waals surface area contributed by atoms with Crippen LogP contribution in [0.3, 0.4) is 0 Å². The second-order valence-corrected chi connectivity index (χ2v) is 5.14. The van der Waals surface area contributed by atoms with Gasteiger partial charge in [0.15, 0.2) is 0 Å². The quantitative estimate of drug-likeness (QED) is 0.540. The predicted octanol–water partition coefficient (Wildman–Crippen LogP) is 1.16. The van der Waals surface area contributed by atoms with Crippen molar-refractivity contribution in [2.45, 2.75) is 6.92 Å². The average Bonchev–Trinajstić information content (AvgIpc) is 2.17. The minimum Gasteiger partial charge on any atom is -0.352 e. The van der Waals surface area contributed by atoms with E-state index in [1.807, 2.05) is 0 Å². The zero-order chi connectivity index (χ0) is 11.2. The van der Waals surface area contributed by atoms with E-state index >= 15 is 0 Å².